The average molecular weight is 224 g/mol. The molecule has 0 spiro atoms. The van der Waals surface area contributed by atoms with Crippen molar-refractivity contribution in [3.63, 3.8) is 0 Å². The number of hydrogen-bond donors (Lipinski definition) is 1. The topological polar surface area (TPSA) is 32.3 Å². The van der Waals surface area contributed by atoms with E-state index < -0.39 is 12.1 Å². The van der Waals surface area contributed by atoms with Gasteiger partial charge in [-0.2, -0.15) is 13.2 Å². The monoisotopic (exact) mass is 224 g/mol. The minimum atomic E-state index is -4.76. The molecule has 1 aliphatic rings. The Morgan fingerprint density at radius 3 is 2.33 bits per heavy atom. The highest BCUT2D eigenvalue weighted by molar-refractivity contribution is 5.81. The SMILES string of the molecule is O=C(NCCN1CCCCC1)C(F)(F)F. The molecule has 3 nitrogen and oxygen atoms in total. The Balaban J connectivity index is 2.12. The Labute approximate surface area is 86.6 Å². The summed E-state index contributed by atoms with van der Waals surface area (Å²) >= 11 is 0. The van der Waals surface area contributed by atoms with Gasteiger partial charge in [-0.05, 0) is 25.9 Å². The molecular formula is C9H15F3N2O. The van der Waals surface area contributed by atoms with Gasteiger partial charge in [0.1, 0.15) is 0 Å². The van der Waals surface area contributed by atoms with Crippen molar-refractivity contribution in [3.05, 3.63) is 0 Å². The van der Waals surface area contributed by atoms with Gasteiger partial charge in [0.05, 0.1) is 0 Å². The first-order valence-electron chi connectivity index (χ1n) is 5.07. The number of carbonyl (C=O) groups is 1. The molecule has 1 saturated heterocycles. The molecule has 1 fully saturated rings. The first-order valence-corrected chi connectivity index (χ1v) is 5.07. The molecule has 0 unspecified atom stereocenters. The second-order valence-electron chi connectivity index (χ2n) is 3.66. The molecule has 0 aliphatic carbocycles. The Morgan fingerprint density at radius 1 is 1.20 bits per heavy atom. The summed E-state index contributed by atoms with van der Waals surface area (Å²) in [4.78, 5) is 12.5. The third-order valence-electron chi connectivity index (χ3n) is 2.42. The fourth-order valence-electron chi connectivity index (χ4n) is 1.61. The average Bonchev–Trinajstić information content (AvgIpc) is 2.18. The standard InChI is InChI=1S/C9H15F3N2O/c10-9(11,12)8(15)13-4-7-14-5-2-1-3-6-14/h1-7H2,(H,13,15). The van der Waals surface area contributed by atoms with E-state index in [2.05, 4.69) is 4.90 Å². The van der Waals surface area contributed by atoms with Crippen molar-refractivity contribution >= 4 is 5.91 Å². The van der Waals surface area contributed by atoms with Crippen molar-refractivity contribution in [1.82, 2.24) is 10.2 Å². The van der Waals surface area contributed by atoms with E-state index in [-0.39, 0.29) is 6.54 Å². The molecule has 0 bridgehead atoms. The molecule has 0 aromatic rings. The van der Waals surface area contributed by atoms with E-state index in [0.717, 1.165) is 25.9 Å². The molecule has 1 N–H and O–H groups in total. The van der Waals surface area contributed by atoms with Crippen LogP contribution in [0, 0.1) is 0 Å². The third kappa shape index (κ3) is 4.51. The van der Waals surface area contributed by atoms with Gasteiger partial charge in [-0.1, -0.05) is 6.42 Å². The van der Waals surface area contributed by atoms with Gasteiger partial charge in [0.25, 0.3) is 0 Å². The maximum atomic E-state index is 11.8. The van der Waals surface area contributed by atoms with Crippen LogP contribution in [-0.4, -0.2) is 43.2 Å². The highest BCUT2D eigenvalue weighted by atomic mass is 19.4. The van der Waals surface area contributed by atoms with Crippen molar-refractivity contribution in [2.45, 2.75) is 25.4 Å². The van der Waals surface area contributed by atoms with Gasteiger partial charge >= 0.3 is 12.1 Å². The van der Waals surface area contributed by atoms with E-state index >= 15 is 0 Å². The molecule has 0 atom stereocenters. The summed E-state index contributed by atoms with van der Waals surface area (Å²) in [7, 11) is 0. The molecule has 88 valence electrons. The summed E-state index contributed by atoms with van der Waals surface area (Å²) in [5.74, 6) is -1.85. The molecule has 0 saturated carbocycles. The lowest BCUT2D eigenvalue weighted by molar-refractivity contribution is -0.173. The van der Waals surface area contributed by atoms with Crippen molar-refractivity contribution in [1.29, 1.82) is 0 Å². The van der Waals surface area contributed by atoms with Gasteiger partial charge in [-0.25, -0.2) is 0 Å². The summed E-state index contributed by atoms with van der Waals surface area (Å²) in [5, 5.41) is 1.86. The van der Waals surface area contributed by atoms with E-state index in [1.165, 1.54) is 6.42 Å². The zero-order valence-corrected chi connectivity index (χ0v) is 8.44. The lowest BCUT2D eigenvalue weighted by Crippen LogP contribution is -2.42. The molecule has 0 aromatic heterocycles. The van der Waals surface area contributed by atoms with Crippen molar-refractivity contribution in [3.8, 4) is 0 Å². The van der Waals surface area contributed by atoms with Crippen LogP contribution in [0.15, 0.2) is 0 Å². The van der Waals surface area contributed by atoms with Gasteiger partial charge < -0.3 is 10.2 Å². The second kappa shape index (κ2) is 5.34. The summed E-state index contributed by atoms with van der Waals surface area (Å²) in [5.41, 5.74) is 0. The minimum Gasteiger partial charge on any atom is -0.347 e. The summed E-state index contributed by atoms with van der Waals surface area (Å²) < 4.78 is 35.4. The van der Waals surface area contributed by atoms with Crippen LogP contribution >= 0.6 is 0 Å². The maximum absolute atomic E-state index is 11.8. The Bertz CT molecular complexity index is 212. The molecule has 1 amide bonds. The Hall–Kier alpha value is -0.780. The first-order chi connectivity index (χ1) is 7.00. The van der Waals surface area contributed by atoms with E-state index in [0.29, 0.717) is 6.54 Å². The number of piperidine rings is 1. The lowest BCUT2D eigenvalue weighted by Gasteiger charge is -2.26. The number of hydrogen-bond acceptors (Lipinski definition) is 2. The van der Waals surface area contributed by atoms with Crippen LogP contribution in [0.1, 0.15) is 19.3 Å². The highest BCUT2D eigenvalue weighted by Crippen LogP contribution is 2.14. The fraction of sp³-hybridized carbons (Fsp3) is 0.889. The van der Waals surface area contributed by atoms with Crippen LogP contribution < -0.4 is 5.32 Å². The Morgan fingerprint density at radius 2 is 1.80 bits per heavy atom. The molecule has 15 heavy (non-hydrogen) atoms. The van der Waals surface area contributed by atoms with Gasteiger partial charge in [-0.3, -0.25) is 4.79 Å². The van der Waals surface area contributed by atoms with Crippen LogP contribution in [0.3, 0.4) is 0 Å². The number of carbonyl (C=O) groups excluding carboxylic acids is 1. The van der Waals surface area contributed by atoms with Crippen LogP contribution in [0.4, 0.5) is 13.2 Å². The van der Waals surface area contributed by atoms with Crippen LogP contribution in [0.25, 0.3) is 0 Å². The van der Waals surface area contributed by atoms with E-state index in [1.807, 2.05) is 5.32 Å². The van der Waals surface area contributed by atoms with Crippen LogP contribution in [0.5, 0.6) is 0 Å². The normalized spacial score (nSPS) is 18.9. The molecule has 1 aliphatic heterocycles. The van der Waals surface area contributed by atoms with Crippen LogP contribution in [0.2, 0.25) is 0 Å². The molecule has 0 radical (unpaired) electrons. The third-order valence-corrected chi connectivity index (χ3v) is 2.42. The smallest absolute Gasteiger partial charge is 0.347 e. The van der Waals surface area contributed by atoms with Gasteiger partial charge in [-0.15, -0.1) is 0 Å². The molecular weight excluding hydrogens is 209 g/mol. The number of nitrogens with one attached hydrogen (secondary N) is 1. The number of amides is 1. The molecule has 1 heterocycles. The van der Waals surface area contributed by atoms with E-state index in [1.54, 1.807) is 0 Å². The summed E-state index contributed by atoms with van der Waals surface area (Å²) in [6.45, 7) is 2.41. The number of alkyl halides is 3. The van der Waals surface area contributed by atoms with Crippen LogP contribution in [-0.2, 0) is 4.79 Å². The van der Waals surface area contributed by atoms with E-state index in [9.17, 15) is 18.0 Å². The van der Waals surface area contributed by atoms with Gasteiger partial charge in [0.2, 0.25) is 0 Å². The van der Waals surface area contributed by atoms with Crippen molar-refractivity contribution in [2.24, 2.45) is 0 Å². The van der Waals surface area contributed by atoms with Gasteiger partial charge in [0, 0.05) is 13.1 Å². The predicted octanol–water partition coefficient (Wildman–Crippen LogP) is 1.15. The fourth-order valence-corrected chi connectivity index (χ4v) is 1.61. The minimum absolute atomic E-state index is 0.0678. The summed E-state index contributed by atoms with van der Waals surface area (Å²) in [6, 6.07) is 0. The van der Waals surface area contributed by atoms with Crippen molar-refractivity contribution < 1.29 is 18.0 Å². The van der Waals surface area contributed by atoms with Gasteiger partial charge in [0.15, 0.2) is 0 Å². The predicted molar refractivity (Wildman–Crippen MR) is 49.4 cm³/mol. The van der Waals surface area contributed by atoms with E-state index in [4.69, 9.17) is 0 Å². The summed E-state index contributed by atoms with van der Waals surface area (Å²) in [6.07, 6.45) is -1.40. The van der Waals surface area contributed by atoms with Crippen molar-refractivity contribution in [2.75, 3.05) is 26.2 Å². The Kier molecular flexibility index (Phi) is 4.38. The zero-order valence-electron chi connectivity index (χ0n) is 8.44. The zero-order chi connectivity index (χ0) is 11.3. The molecule has 0 aromatic carbocycles. The number of rotatable bonds is 3. The largest absolute Gasteiger partial charge is 0.471 e. The quantitative estimate of drug-likeness (QED) is 0.780. The molecule has 6 heteroatoms. The second-order valence-corrected chi connectivity index (χ2v) is 3.66. The number of likely N-dealkylation sites (tertiary alicyclic amines) is 1. The lowest BCUT2D eigenvalue weighted by atomic mass is 10.1. The maximum Gasteiger partial charge on any atom is 0.471 e. The number of nitrogens with zero attached hydrogens (tertiary/aromatic N) is 1. The number of halogens is 3. The molecule has 1 rings (SSSR count). The first kappa shape index (κ1) is 12.3. The highest BCUT2D eigenvalue weighted by Gasteiger charge is 2.38.